The molecule has 1 heterocycles. The van der Waals surface area contributed by atoms with E-state index >= 15 is 0 Å². The van der Waals surface area contributed by atoms with Crippen LogP contribution in [0.5, 0.6) is 0 Å². The number of fused-ring (bicyclic) bond motifs is 13. The van der Waals surface area contributed by atoms with Crippen molar-refractivity contribution < 1.29 is 4.42 Å². The lowest BCUT2D eigenvalue weighted by Crippen LogP contribution is -2.25. The molecule has 0 saturated heterocycles. The van der Waals surface area contributed by atoms with Crippen molar-refractivity contribution in [3.8, 4) is 33.4 Å². The molecule has 1 aromatic heterocycles. The summed E-state index contributed by atoms with van der Waals surface area (Å²) < 4.78 is 6.11. The van der Waals surface area contributed by atoms with Gasteiger partial charge in [0.25, 0.3) is 0 Å². The molecule has 6 aromatic carbocycles. The normalized spacial score (nSPS) is 13.9. The Kier molecular flexibility index (Phi) is 4.01. The van der Waals surface area contributed by atoms with E-state index in [0.29, 0.717) is 0 Å². The first kappa shape index (κ1) is 21.2. The van der Waals surface area contributed by atoms with Gasteiger partial charge in [0.05, 0.1) is 5.41 Å². The van der Waals surface area contributed by atoms with Crippen LogP contribution in [0.4, 0.5) is 0 Å². The van der Waals surface area contributed by atoms with Gasteiger partial charge in [0.1, 0.15) is 19.0 Å². The Balaban J connectivity index is 1.35. The Morgan fingerprint density at radius 1 is 0.462 bits per heavy atom. The van der Waals surface area contributed by atoms with Crippen LogP contribution in [0.2, 0.25) is 0 Å². The second-order valence-corrected chi connectivity index (χ2v) is 10.7. The molecule has 0 amide bonds. The molecule has 0 aliphatic heterocycles. The van der Waals surface area contributed by atoms with E-state index in [2.05, 4.69) is 109 Å². The molecule has 0 fully saturated rings. The standard InChI is InChI=1S/C37H21BO/c38-33-14-7-15-35-36(33)28-20-22(17-19-34(28)39-35)23-16-18-27-26-10-3-6-13-31(26)37(32(27)21-23)29-11-4-1-8-24(29)25-9-2-5-12-30(25)37/h1-21H. The van der Waals surface area contributed by atoms with Crippen molar-refractivity contribution in [3.05, 3.63) is 150 Å². The summed E-state index contributed by atoms with van der Waals surface area (Å²) in [5.74, 6) is 0. The molecular weight excluding hydrogens is 471 g/mol. The zero-order valence-electron chi connectivity index (χ0n) is 21.1. The Hall–Kier alpha value is -4.82. The van der Waals surface area contributed by atoms with Crippen molar-refractivity contribution in [1.82, 2.24) is 0 Å². The van der Waals surface area contributed by atoms with Crippen LogP contribution < -0.4 is 5.46 Å². The van der Waals surface area contributed by atoms with Crippen molar-refractivity contribution in [2.75, 3.05) is 0 Å². The number of furan rings is 1. The summed E-state index contributed by atoms with van der Waals surface area (Å²) in [6.07, 6.45) is 0. The SMILES string of the molecule is [B]c1cccc2oc3ccc(-c4ccc5c(c4)C4(c6ccccc6-c6ccccc64)c4ccccc4-5)cc3c12. The van der Waals surface area contributed by atoms with Crippen LogP contribution in [0.15, 0.2) is 132 Å². The minimum absolute atomic E-state index is 0.341. The molecule has 0 atom stereocenters. The molecular formula is C37H21BO. The highest BCUT2D eigenvalue weighted by molar-refractivity contribution is 6.41. The maximum Gasteiger partial charge on any atom is 0.135 e. The van der Waals surface area contributed by atoms with Crippen molar-refractivity contribution in [2.24, 2.45) is 0 Å². The van der Waals surface area contributed by atoms with Gasteiger partial charge in [-0.05, 0) is 79.9 Å². The first-order chi connectivity index (χ1) is 19.2. The van der Waals surface area contributed by atoms with Gasteiger partial charge < -0.3 is 4.42 Å². The lowest BCUT2D eigenvalue weighted by molar-refractivity contribution is 0.669. The van der Waals surface area contributed by atoms with Gasteiger partial charge in [-0.2, -0.15) is 0 Å². The molecule has 1 spiro atoms. The Morgan fingerprint density at radius 3 is 1.69 bits per heavy atom. The van der Waals surface area contributed by atoms with Crippen LogP contribution >= 0.6 is 0 Å². The monoisotopic (exact) mass is 492 g/mol. The Morgan fingerprint density at radius 2 is 1.03 bits per heavy atom. The summed E-state index contributed by atoms with van der Waals surface area (Å²) in [5.41, 5.74) is 15.1. The van der Waals surface area contributed by atoms with Crippen molar-refractivity contribution in [1.29, 1.82) is 0 Å². The molecule has 7 aromatic rings. The maximum atomic E-state index is 6.39. The molecule has 0 N–H and O–H groups in total. The molecule has 0 unspecified atom stereocenters. The average Bonchev–Trinajstić information content (AvgIpc) is 3.61. The summed E-state index contributed by atoms with van der Waals surface area (Å²) >= 11 is 0. The molecule has 2 aliphatic carbocycles. The fourth-order valence-corrected chi connectivity index (χ4v) is 7.31. The fourth-order valence-electron chi connectivity index (χ4n) is 7.31. The summed E-state index contributed by atoms with van der Waals surface area (Å²) in [6, 6.07) is 46.1. The van der Waals surface area contributed by atoms with Crippen molar-refractivity contribution in [2.45, 2.75) is 5.41 Å². The third-order valence-corrected chi connectivity index (χ3v) is 8.86. The first-order valence-corrected chi connectivity index (χ1v) is 13.4. The molecule has 39 heavy (non-hydrogen) atoms. The molecule has 2 aliphatic rings. The van der Waals surface area contributed by atoms with E-state index in [9.17, 15) is 0 Å². The van der Waals surface area contributed by atoms with E-state index in [0.717, 1.165) is 33.0 Å². The van der Waals surface area contributed by atoms with Crippen LogP contribution in [-0.2, 0) is 5.41 Å². The van der Waals surface area contributed by atoms with Crippen molar-refractivity contribution >= 4 is 35.2 Å². The van der Waals surface area contributed by atoms with E-state index < -0.39 is 0 Å². The van der Waals surface area contributed by atoms with Gasteiger partial charge in [-0.25, -0.2) is 0 Å². The summed E-state index contributed by atoms with van der Waals surface area (Å²) in [7, 11) is 6.39. The van der Waals surface area contributed by atoms with Crippen LogP contribution in [0, 0.1) is 0 Å². The zero-order chi connectivity index (χ0) is 25.7. The lowest BCUT2D eigenvalue weighted by Gasteiger charge is -2.30. The van der Waals surface area contributed by atoms with Gasteiger partial charge in [0.15, 0.2) is 0 Å². The molecule has 0 bridgehead atoms. The van der Waals surface area contributed by atoms with Crippen LogP contribution in [-0.4, -0.2) is 7.85 Å². The molecule has 178 valence electrons. The van der Waals surface area contributed by atoms with Gasteiger partial charge in [-0.3, -0.25) is 0 Å². The van der Waals surface area contributed by atoms with E-state index in [4.69, 9.17) is 12.3 Å². The van der Waals surface area contributed by atoms with Crippen LogP contribution in [0.25, 0.3) is 55.3 Å². The fraction of sp³-hybridized carbons (Fsp3) is 0.0270. The Bertz CT molecular complexity index is 2080. The van der Waals surface area contributed by atoms with Gasteiger partial charge in [0, 0.05) is 10.8 Å². The van der Waals surface area contributed by atoms with Gasteiger partial charge in [0.2, 0.25) is 0 Å². The van der Waals surface area contributed by atoms with E-state index in [1.165, 1.54) is 50.1 Å². The van der Waals surface area contributed by atoms with E-state index in [1.54, 1.807) is 0 Å². The smallest absolute Gasteiger partial charge is 0.135 e. The quantitative estimate of drug-likeness (QED) is 0.210. The largest absolute Gasteiger partial charge is 0.456 e. The highest BCUT2D eigenvalue weighted by atomic mass is 16.3. The van der Waals surface area contributed by atoms with E-state index in [-0.39, 0.29) is 5.41 Å². The summed E-state index contributed by atoms with van der Waals surface area (Å²) in [4.78, 5) is 0. The van der Waals surface area contributed by atoms with Crippen LogP contribution in [0.1, 0.15) is 22.3 Å². The predicted octanol–water partition coefficient (Wildman–Crippen LogP) is 8.39. The van der Waals surface area contributed by atoms with Crippen molar-refractivity contribution in [3.63, 3.8) is 0 Å². The van der Waals surface area contributed by atoms with E-state index in [1.807, 2.05) is 18.2 Å². The first-order valence-electron chi connectivity index (χ1n) is 13.4. The average molecular weight is 492 g/mol. The maximum absolute atomic E-state index is 6.39. The number of hydrogen-bond donors (Lipinski definition) is 0. The van der Waals surface area contributed by atoms with Gasteiger partial charge in [-0.15, -0.1) is 0 Å². The van der Waals surface area contributed by atoms with Crippen LogP contribution in [0.3, 0.4) is 0 Å². The predicted molar refractivity (Wildman–Crippen MR) is 161 cm³/mol. The number of benzene rings is 6. The van der Waals surface area contributed by atoms with Gasteiger partial charge in [-0.1, -0.05) is 109 Å². The summed E-state index contributed by atoms with van der Waals surface area (Å²) in [6.45, 7) is 0. The molecule has 0 saturated carbocycles. The molecule has 9 rings (SSSR count). The second kappa shape index (κ2) is 7.39. The highest BCUT2D eigenvalue weighted by Gasteiger charge is 2.51. The molecule has 1 nitrogen and oxygen atoms in total. The summed E-state index contributed by atoms with van der Waals surface area (Å²) in [5, 5.41) is 2.04. The third kappa shape index (κ3) is 2.56. The molecule has 2 heteroatoms. The number of hydrogen-bond acceptors (Lipinski definition) is 1. The highest BCUT2D eigenvalue weighted by Crippen LogP contribution is 2.62. The Labute approximate surface area is 227 Å². The minimum atomic E-state index is -0.341. The third-order valence-electron chi connectivity index (χ3n) is 8.86. The topological polar surface area (TPSA) is 13.1 Å². The minimum Gasteiger partial charge on any atom is -0.456 e. The van der Waals surface area contributed by atoms with Gasteiger partial charge >= 0.3 is 0 Å². The lowest BCUT2D eigenvalue weighted by atomic mass is 9.70. The molecule has 2 radical (unpaired) electrons. The second-order valence-electron chi connectivity index (χ2n) is 10.7. The zero-order valence-corrected chi connectivity index (χ0v) is 21.1. The number of rotatable bonds is 1.